The first-order valence-corrected chi connectivity index (χ1v) is 8.49. The Morgan fingerprint density at radius 2 is 1.76 bits per heavy atom. The molecule has 0 atom stereocenters. The molecule has 1 N–H and O–H groups in total. The van der Waals surface area contributed by atoms with Crippen LogP contribution in [-0.4, -0.2) is 24.5 Å². The standard InChI is InChI=1S/C19H19ClN2O3/c1-13(23)21-15-4-6-16(7-5-15)22(17-8-9-17)19(24)12-25-18-10-2-14(20)3-11-18/h2-7,10-11,17H,8-9,12H2,1H3,(H,21,23). The lowest BCUT2D eigenvalue weighted by Gasteiger charge is -2.23. The molecule has 0 radical (unpaired) electrons. The second kappa shape index (κ2) is 7.57. The fraction of sp³-hybridized carbons (Fsp3) is 0.263. The van der Waals surface area contributed by atoms with Crippen LogP contribution in [0.4, 0.5) is 11.4 Å². The fourth-order valence-electron chi connectivity index (χ4n) is 2.55. The molecule has 1 fully saturated rings. The molecule has 130 valence electrons. The number of hydrogen-bond acceptors (Lipinski definition) is 3. The molecule has 1 aliphatic carbocycles. The molecule has 0 unspecified atom stereocenters. The molecule has 3 rings (SSSR count). The van der Waals surface area contributed by atoms with Crippen LogP contribution in [0.5, 0.6) is 5.75 Å². The zero-order valence-corrected chi connectivity index (χ0v) is 14.6. The van der Waals surface area contributed by atoms with Crippen LogP contribution in [0.15, 0.2) is 48.5 Å². The van der Waals surface area contributed by atoms with E-state index < -0.39 is 0 Å². The Balaban J connectivity index is 1.66. The minimum Gasteiger partial charge on any atom is -0.484 e. The predicted octanol–water partition coefficient (Wildman–Crippen LogP) is 3.87. The van der Waals surface area contributed by atoms with Crippen molar-refractivity contribution < 1.29 is 14.3 Å². The molecule has 0 aliphatic heterocycles. The quantitative estimate of drug-likeness (QED) is 0.852. The normalized spacial score (nSPS) is 13.2. The maximum atomic E-state index is 12.6. The van der Waals surface area contributed by atoms with Crippen molar-refractivity contribution in [3.63, 3.8) is 0 Å². The van der Waals surface area contributed by atoms with Gasteiger partial charge in [0.1, 0.15) is 5.75 Å². The van der Waals surface area contributed by atoms with E-state index in [1.165, 1.54) is 6.92 Å². The number of nitrogens with zero attached hydrogens (tertiary/aromatic N) is 1. The Labute approximate surface area is 151 Å². The summed E-state index contributed by atoms with van der Waals surface area (Å²) in [7, 11) is 0. The topological polar surface area (TPSA) is 58.6 Å². The molecule has 1 saturated carbocycles. The van der Waals surface area contributed by atoms with Crippen molar-refractivity contribution in [1.82, 2.24) is 0 Å². The van der Waals surface area contributed by atoms with Gasteiger partial charge in [-0.2, -0.15) is 0 Å². The van der Waals surface area contributed by atoms with E-state index >= 15 is 0 Å². The van der Waals surface area contributed by atoms with Crippen LogP contribution in [0.2, 0.25) is 5.02 Å². The third-order valence-electron chi connectivity index (χ3n) is 3.82. The molecular weight excluding hydrogens is 340 g/mol. The number of hydrogen-bond donors (Lipinski definition) is 1. The summed E-state index contributed by atoms with van der Waals surface area (Å²) in [6, 6.07) is 14.4. The van der Waals surface area contributed by atoms with Crippen LogP contribution >= 0.6 is 11.6 Å². The second-order valence-electron chi connectivity index (χ2n) is 5.97. The summed E-state index contributed by atoms with van der Waals surface area (Å²) in [6.07, 6.45) is 1.97. The zero-order chi connectivity index (χ0) is 17.8. The molecule has 2 aromatic rings. The summed E-state index contributed by atoms with van der Waals surface area (Å²) in [6.45, 7) is 1.42. The third kappa shape index (κ3) is 4.73. The summed E-state index contributed by atoms with van der Waals surface area (Å²) in [5.41, 5.74) is 1.51. The lowest BCUT2D eigenvalue weighted by Crippen LogP contribution is -2.36. The van der Waals surface area contributed by atoms with Crippen molar-refractivity contribution in [2.24, 2.45) is 0 Å². The summed E-state index contributed by atoms with van der Waals surface area (Å²) in [5, 5.41) is 3.34. The zero-order valence-electron chi connectivity index (χ0n) is 13.9. The maximum absolute atomic E-state index is 12.6. The Morgan fingerprint density at radius 3 is 2.32 bits per heavy atom. The number of rotatable bonds is 6. The van der Waals surface area contributed by atoms with Gasteiger partial charge in [-0.15, -0.1) is 0 Å². The van der Waals surface area contributed by atoms with E-state index in [2.05, 4.69) is 5.32 Å². The number of benzene rings is 2. The van der Waals surface area contributed by atoms with Crippen molar-refractivity contribution in [1.29, 1.82) is 0 Å². The van der Waals surface area contributed by atoms with E-state index in [4.69, 9.17) is 16.3 Å². The second-order valence-corrected chi connectivity index (χ2v) is 6.40. The van der Waals surface area contributed by atoms with Gasteiger partial charge in [-0.25, -0.2) is 0 Å². The Kier molecular flexibility index (Phi) is 5.24. The summed E-state index contributed by atoms with van der Waals surface area (Å²) < 4.78 is 5.57. The summed E-state index contributed by atoms with van der Waals surface area (Å²) in [4.78, 5) is 25.5. The highest BCUT2D eigenvalue weighted by Crippen LogP contribution is 2.32. The van der Waals surface area contributed by atoms with Gasteiger partial charge < -0.3 is 15.0 Å². The average Bonchev–Trinajstić information content (AvgIpc) is 3.40. The van der Waals surface area contributed by atoms with Crippen molar-refractivity contribution in [3.8, 4) is 5.75 Å². The molecule has 2 amide bonds. The van der Waals surface area contributed by atoms with Gasteiger partial charge in [0.25, 0.3) is 5.91 Å². The van der Waals surface area contributed by atoms with Crippen molar-refractivity contribution in [2.75, 3.05) is 16.8 Å². The van der Waals surface area contributed by atoms with Gasteiger partial charge in [0.05, 0.1) is 0 Å². The van der Waals surface area contributed by atoms with Crippen LogP contribution in [-0.2, 0) is 9.59 Å². The first kappa shape index (κ1) is 17.3. The van der Waals surface area contributed by atoms with Gasteiger partial charge in [-0.05, 0) is 61.4 Å². The molecule has 0 spiro atoms. The van der Waals surface area contributed by atoms with Crippen molar-refractivity contribution >= 4 is 34.8 Å². The largest absolute Gasteiger partial charge is 0.484 e. The number of carbonyl (C=O) groups is 2. The van der Waals surface area contributed by atoms with E-state index in [9.17, 15) is 9.59 Å². The molecule has 25 heavy (non-hydrogen) atoms. The Morgan fingerprint density at radius 1 is 1.12 bits per heavy atom. The fourth-order valence-corrected chi connectivity index (χ4v) is 2.67. The highest BCUT2D eigenvalue weighted by atomic mass is 35.5. The number of carbonyl (C=O) groups excluding carboxylic acids is 2. The number of amides is 2. The smallest absolute Gasteiger partial charge is 0.265 e. The highest BCUT2D eigenvalue weighted by molar-refractivity contribution is 6.30. The molecule has 0 saturated heterocycles. The number of anilines is 2. The van der Waals surface area contributed by atoms with Crippen LogP contribution in [0.25, 0.3) is 0 Å². The molecule has 1 aliphatic rings. The number of nitrogens with one attached hydrogen (secondary N) is 1. The maximum Gasteiger partial charge on any atom is 0.265 e. The SMILES string of the molecule is CC(=O)Nc1ccc(N(C(=O)COc2ccc(Cl)cc2)C2CC2)cc1. The Bertz CT molecular complexity index is 755. The van der Waals surface area contributed by atoms with Gasteiger partial charge in [-0.3, -0.25) is 9.59 Å². The first-order chi connectivity index (χ1) is 12.0. The van der Waals surface area contributed by atoms with Gasteiger partial charge >= 0.3 is 0 Å². The van der Waals surface area contributed by atoms with Crippen LogP contribution in [0.1, 0.15) is 19.8 Å². The van der Waals surface area contributed by atoms with E-state index in [1.54, 1.807) is 41.3 Å². The first-order valence-electron chi connectivity index (χ1n) is 8.11. The minimum absolute atomic E-state index is 0.0361. The predicted molar refractivity (Wildman–Crippen MR) is 98.2 cm³/mol. The molecular formula is C19H19ClN2O3. The molecule has 2 aromatic carbocycles. The van der Waals surface area contributed by atoms with Gasteiger partial charge in [0.15, 0.2) is 6.61 Å². The van der Waals surface area contributed by atoms with Crippen LogP contribution in [0.3, 0.4) is 0 Å². The lowest BCUT2D eigenvalue weighted by molar-refractivity contribution is -0.120. The average molecular weight is 359 g/mol. The third-order valence-corrected chi connectivity index (χ3v) is 4.07. The van der Waals surface area contributed by atoms with Crippen LogP contribution in [0, 0.1) is 0 Å². The lowest BCUT2D eigenvalue weighted by atomic mass is 10.2. The summed E-state index contributed by atoms with van der Waals surface area (Å²) in [5.74, 6) is 0.387. The van der Waals surface area contributed by atoms with Crippen LogP contribution < -0.4 is 15.0 Å². The van der Waals surface area contributed by atoms with E-state index in [0.717, 1.165) is 18.5 Å². The van der Waals surface area contributed by atoms with Gasteiger partial charge in [0.2, 0.25) is 5.91 Å². The highest BCUT2D eigenvalue weighted by Gasteiger charge is 2.33. The van der Waals surface area contributed by atoms with Crippen molar-refractivity contribution in [2.45, 2.75) is 25.8 Å². The molecule has 6 heteroatoms. The van der Waals surface area contributed by atoms with Gasteiger partial charge in [-0.1, -0.05) is 11.6 Å². The number of ether oxygens (including phenoxy) is 1. The van der Waals surface area contributed by atoms with Gasteiger partial charge in [0, 0.05) is 29.4 Å². The van der Waals surface area contributed by atoms with E-state index in [-0.39, 0.29) is 24.5 Å². The number of halogens is 1. The molecule has 5 nitrogen and oxygen atoms in total. The monoisotopic (exact) mass is 358 g/mol. The van der Waals surface area contributed by atoms with E-state index in [1.807, 2.05) is 12.1 Å². The summed E-state index contributed by atoms with van der Waals surface area (Å²) >= 11 is 5.84. The Hall–Kier alpha value is -2.53. The van der Waals surface area contributed by atoms with Crippen molar-refractivity contribution in [3.05, 3.63) is 53.6 Å². The minimum atomic E-state index is -0.126. The molecule has 0 bridgehead atoms. The molecule has 0 aromatic heterocycles. The molecule has 0 heterocycles. The van der Waals surface area contributed by atoms with E-state index in [0.29, 0.717) is 16.5 Å².